The van der Waals surface area contributed by atoms with Crippen molar-refractivity contribution in [1.82, 2.24) is 4.90 Å². The molecule has 2 aliphatic heterocycles. The number of sulfone groups is 1. The quantitative estimate of drug-likeness (QED) is 0.799. The van der Waals surface area contributed by atoms with Crippen LogP contribution in [0.25, 0.3) is 0 Å². The fourth-order valence-corrected chi connectivity index (χ4v) is 5.60. The van der Waals surface area contributed by atoms with Gasteiger partial charge in [-0.2, -0.15) is 0 Å². The molecule has 2 aliphatic rings. The van der Waals surface area contributed by atoms with Gasteiger partial charge in [0.2, 0.25) is 5.91 Å². The van der Waals surface area contributed by atoms with Gasteiger partial charge in [0.1, 0.15) is 5.76 Å². The summed E-state index contributed by atoms with van der Waals surface area (Å²) < 4.78 is 29.2. The molecule has 0 unspecified atom stereocenters. The first kappa shape index (κ1) is 17.3. The molecule has 0 bridgehead atoms. The van der Waals surface area contributed by atoms with Gasteiger partial charge in [-0.15, -0.1) is 0 Å². The van der Waals surface area contributed by atoms with Crippen molar-refractivity contribution in [2.45, 2.75) is 25.4 Å². The predicted octanol–water partition coefficient (Wildman–Crippen LogP) is 1.86. The highest BCUT2D eigenvalue weighted by molar-refractivity contribution is 7.91. The van der Waals surface area contributed by atoms with E-state index in [0.717, 1.165) is 17.9 Å². The second-order valence-electron chi connectivity index (χ2n) is 6.97. The van der Waals surface area contributed by atoms with E-state index in [1.807, 2.05) is 40.1 Å². The van der Waals surface area contributed by atoms with Gasteiger partial charge in [0.25, 0.3) is 0 Å². The Morgan fingerprint density at radius 1 is 1.23 bits per heavy atom. The van der Waals surface area contributed by atoms with Crippen LogP contribution in [0.2, 0.25) is 0 Å². The molecule has 7 heteroatoms. The lowest BCUT2D eigenvalue weighted by atomic mass is 10.2. The fraction of sp³-hybridized carbons (Fsp3) is 0.421. The maximum atomic E-state index is 13.0. The first-order valence-corrected chi connectivity index (χ1v) is 10.7. The van der Waals surface area contributed by atoms with Crippen LogP contribution in [0.5, 0.6) is 0 Å². The Kier molecular flexibility index (Phi) is 4.58. The maximum Gasteiger partial charge on any atom is 0.241 e. The van der Waals surface area contributed by atoms with Gasteiger partial charge < -0.3 is 9.32 Å². The molecule has 1 amide bonds. The summed E-state index contributed by atoms with van der Waals surface area (Å²) in [6, 6.07) is 11.5. The number of rotatable bonds is 5. The highest BCUT2D eigenvalue weighted by Gasteiger charge is 2.35. The van der Waals surface area contributed by atoms with Crippen molar-refractivity contribution in [3.8, 4) is 0 Å². The molecule has 1 aromatic heterocycles. The van der Waals surface area contributed by atoms with E-state index in [4.69, 9.17) is 4.42 Å². The molecular formula is C19H22N2O4S. The molecule has 138 valence electrons. The molecule has 3 heterocycles. The van der Waals surface area contributed by atoms with Crippen LogP contribution in [0.15, 0.2) is 47.1 Å². The van der Waals surface area contributed by atoms with Crippen molar-refractivity contribution >= 4 is 21.4 Å². The van der Waals surface area contributed by atoms with Crippen molar-refractivity contribution in [1.29, 1.82) is 0 Å². The van der Waals surface area contributed by atoms with Gasteiger partial charge in [-0.05, 0) is 36.6 Å². The third kappa shape index (κ3) is 3.54. The number of furan rings is 1. The van der Waals surface area contributed by atoms with E-state index in [1.54, 1.807) is 12.3 Å². The highest BCUT2D eigenvalue weighted by atomic mass is 32.2. The number of anilines is 1. The van der Waals surface area contributed by atoms with E-state index in [1.165, 1.54) is 5.56 Å². The normalized spacial score (nSPS) is 21.3. The minimum Gasteiger partial charge on any atom is -0.468 e. The van der Waals surface area contributed by atoms with Crippen LogP contribution < -0.4 is 4.90 Å². The molecule has 1 saturated heterocycles. The smallest absolute Gasteiger partial charge is 0.241 e. The summed E-state index contributed by atoms with van der Waals surface area (Å²) in [6.45, 7) is 1.30. The van der Waals surface area contributed by atoms with E-state index in [2.05, 4.69) is 0 Å². The molecule has 6 nitrogen and oxygen atoms in total. The molecule has 1 atom stereocenters. The van der Waals surface area contributed by atoms with Crippen molar-refractivity contribution < 1.29 is 17.6 Å². The molecule has 0 radical (unpaired) electrons. The summed E-state index contributed by atoms with van der Waals surface area (Å²) in [4.78, 5) is 16.7. The van der Waals surface area contributed by atoms with Gasteiger partial charge in [0.05, 0.1) is 30.9 Å². The van der Waals surface area contributed by atoms with E-state index < -0.39 is 9.84 Å². The topological polar surface area (TPSA) is 70.8 Å². The Labute approximate surface area is 153 Å². The average Bonchev–Trinajstić information content (AvgIpc) is 3.33. The Balaban J connectivity index is 1.52. The van der Waals surface area contributed by atoms with Crippen LogP contribution in [0.4, 0.5) is 5.69 Å². The zero-order valence-corrected chi connectivity index (χ0v) is 15.3. The summed E-state index contributed by atoms with van der Waals surface area (Å²) in [5.74, 6) is 1.04. The number of amides is 1. The second-order valence-corrected chi connectivity index (χ2v) is 9.19. The Morgan fingerprint density at radius 2 is 2.08 bits per heavy atom. The first-order valence-electron chi connectivity index (χ1n) is 8.87. The van der Waals surface area contributed by atoms with Gasteiger partial charge in [0.15, 0.2) is 9.84 Å². The van der Waals surface area contributed by atoms with E-state index >= 15 is 0 Å². The summed E-state index contributed by atoms with van der Waals surface area (Å²) >= 11 is 0. The summed E-state index contributed by atoms with van der Waals surface area (Å²) in [6.07, 6.45) is 3.02. The first-order chi connectivity index (χ1) is 12.5. The van der Waals surface area contributed by atoms with Gasteiger partial charge >= 0.3 is 0 Å². The van der Waals surface area contributed by atoms with Crippen molar-refractivity contribution in [3.05, 3.63) is 54.0 Å². The number of hydrogen-bond donors (Lipinski definition) is 0. The highest BCUT2D eigenvalue weighted by Crippen LogP contribution is 2.28. The van der Waals surface area contributed by atoms with Gasteiger partial charge in [-0.1, -0.05) is 18.2 Å². The monoisotopic (exact) mass is 374 g/mol. The van der Waals surface area contributed by atoms with E-state index in [-0.39, 0.29) is 30.0 Å². The zero-order valence-electron chi connectivity index (χ0n) is 14.5. The number of benzene rings is 1. The number of nitrogens with zero attached hydrogens (tertiary/aromatic N) is 2. The van der Waals surface area contributed by atoms with E-state index in [9.17, 15) is 13.2 Å². The van der Waals surface area contributed by atoms with Crippen LogP contribution in [-0.2, 0) is 27.6 Å². The molecule has 0 N–H and O–H groups in total. The maximum absolute atomic E-state index is 13.0. The van der Waals surface area contributed by atoms with Crippen LogP contribution in [0.3, 0.4) is 0 Å². The molecule has 0 saturated carbocycles. The third-order valence-corrected chi connectivity index (χ3v) is 6.94. The van der Waals surface area contributed by atoms with Crippen LogP contribution >= 0.6 is 0 Å². The van der Waals surface area contributed by atoms with Crippen molar-refractivity contribution in [3.63, 3.8) is 0 Å². The van der Waals surface area contributed by atoms with Crippen LogP contribution in [0, 0.1) is 0 Å². The zero-order chi connectivity index (χ0) is 18.1. The number of hydrogen-bond acceptors (Lipinski definition) is 5. The number of carbonyl (C=O) groups excluding carboxylic acids is 1. The summed E-state index contributed by atoms with van der Waals surface area (Å²) in [5.41, 5.74) is 2.15. The molecule has 1 fully saturated rings. The number of carbonyl (C=O) groups is 1. The molecule has 2 aromatic rings. The molecule has 26 heavy (non-hydrogen) atoms. The summed E-state index contributed by atoms with van der Waals surface area (Å²) in [5, 5.41) is 0. The molecule has 4 rings (SSSR count). The number of para-hydroxylation sites is 1. The largest absolute Gasteiger partial charge is 0.468 e. The predicted molar refractivity (Wildman–Crippen MR) is 98.7 cm³/mol. The fourth-order valence-electron chi connectivity index (χ4n) is 3.84. The Bertz CT molecular complexity index is 892. The van der Waals surface area contributed by atoms with Gasteiger partial charge in [-0.25, -0.2) is 8.42 Å². The summed E-state index contributed by atoms with van der Waals surface area (Å²) in [7, 11) is -3.02. The average molecular weight is 374 g/mol. The van der Waals surface area contributed by atoms with Crippen molar-refractivity contribution in [2.24, 2.45) is 0 Å². The molecule has 1 aromatic carbocycles. The molecule has 0 aliphatic carbocycles. The third-order valence-electron chi connectivity index (χ3n) is 5.19. The Morgan fingerprint density at radius 3 is 2.81 bits per heavy atom. The van der Waals surface area contributed by atoms with Crippen LogP contribution in [-0.4, -0.2) is 49.9 Å². The van der Waals surface area contributed by atoms with Crippen LogP contribution in [0.1, 0.15) is 17.7 Å². The minimum atomic E-state index is -3.02. The second kappa shape index (κ2) is 6.89. The lowest BCUT2D eigenvalue weighted by Crippen LogP contribution is -2.44. The van der Waals surface area contributed by atoms with E-state index in [0.29, 0.717) is 19.5 Å². The van der Waals surface area contributed by atoms with Crippen molar-refractivity contribution in [2.75, 3.05) is 29.5 Å². The lowest BCUT2D eigenvalue weighted by molar-refractivity contribution is -0.120. The minimum absolute atomic E-state index is 0.00537. The molecule has 0 spiro atoms. The lowest BCUT2D eigenvalue weighted by Gasteiger charge is -2.28. The van der Waals surface area contributed by atoms with Gasteiger partial charge in [0, 0.05) is 18.3 Å². The standard InChI is InChI=1S/C19H22N2O4S/c22-19(21-9-7-15-4-1-2-6-18(15)21)13-20(12-17-5-3-10-25-17)16-8-11-26(23,24)14-16/h1-6,10,16H,7-9,11-14H2/t16-/m0/s1. The molecular weight excluding hydrogens is 352 g/mol. The van der Waals surface area contributed by atoms with Gasteiger partial charge in [-0.3, -0.25) is 9.69 Å². The number of fused-ring (bicyclic) bond motifs is 1. The SMILES string of the molecule is O=C(CN(Cc1ccco1)[C@H]1CCS(=O)(=O)C1)N1CCc2ccccc21. The Hall–Kier alpha value is -2.12.